The fraction of sp³-hybridized carbons (Fsp3) is 0.368. The molecule has 5 heteroatoms. The highest BCUT2D eigenvalue weighted by Gasteiger charge is 2.21. The molecule has 0 saturated carbocycles. The van der Waals surface area contributed by atoms with E-state index in [1.165, 1.54) is 5.57 Å². The van der Waals surface area contributed by atoms with Crippen LogP contribution in [0.1, 0.15) is 36.5 Å². The molecule has 2 aromatic rings. The van der Waals surface area contributed by atoms with Crippen LogP contribution in [0.3, 0.4) is 0 Å². The van der Waals surface area contributed by atoms with Crippen LogP contribution in [0, 0.1) is 0 Å². The maximum absolute atomic E-state index is 12.4. The maximum atomic E-state index is 12.4. The van der Waals surface area contributed by atoms with Crippen molar-refractivity contribution in [1.29, 1.82) is 0 Å². The number of allylic oxidation sites excluding steroid dienone is 1. The summed E-state index contributed by atoms with van der Waals surface area (Å²) in [6.45, 7) is 7.93. The fourth-order valence-corrected chi connectivity index (χ4v) is 3.05. The fourth-order valence-electron chi connectivity index (χ4n) is 3.05. The van der Waals surface area contributed by atoms with Crippen molar-refractivity contribution in [2.24, 2.45) is 0 Å². The van der Waals surface area contributed by atoms with Gasteiger partial charge in [0.2, 0.25) is 0 Å². The van der Waals surface area contributed by atoms with E-state index in [4.69, 9.17) is 0 Å². The first-order valence-corrected chi connectivity index (χ1v) is 8.47. The van der Waals surface area contributed by atoms with Crippen LogP contribution in [0.2, 0.25) is 0 Å². The first-order valence-electron chi connectivity index (χ1n) is 8.47. The minimum atomic E-state index is -0.156. The van der Waals surface area contributed by atoms with E-state index in [1.807, 2.05) is 41.1 Å². The molecule has 1 aliphatic heterocycles. The molecule has 0 spiro atoms. The number of nitrogens with one attached hydrogen (secondary N) is 1. The molecule has 5 nitrogen and oxygen atoms in total. The van der Waals surface area contributed by atoms with Gasteiger partial charge in [0.25, 0.3) is 5.91 Å². The van der Waals surface area contributed by atoms with Crippen LogP contribution in [-0.4, -0.2) is 33.7 Å². The Bertz CT molecular complexity index is 733. The largest absolute Gasteiger partial charge is 0.321 e. The molecular weight excluding hydrogens is 300 g/mol. The van der Waals surface area contributed by atoms with Crippen molar-refractivity contribution in [2.75, 3.05) is 18.4 Å². The summed E-state index contributed by atoms with van der Waals surface area (Å²) in [7, 11) is 0. The van der Waals surface area contributed by atoms with Gasteiger partial charge in [-0.05, 0) is 31.5 Å². The molecule has 1 N–H and O–H groups in total. The standard InChI is InChI=1S/C19H24N4O/c1-3-7-15(2)13-22-10-11-23-17(14-22)12-18(21-23)19(24)20-16-8-5-4-6-9-16/h4-9,12H,3,10-11,13-14H2,1-2H3,(H,20,24)/b15-7+. The van der Waals surface area contributed by atoms with E-state index in [2.05, 4.69) is 35.2 Å². The number of para-hydroxylation sites is 1. The van der Waals surface area contributed by atoms with Crippen molar-refractivity contribution in [2.45, 2.75) is 33.4 Å². The molecule has 0 atom stereocenters. The van der Waals surface area contributed by atoms with E-state index in [0.29, 0.717) is 5.69 Å². The number of hydrogen-bond donors (Lipinski definition) is 1. The molecule has 3 rings (SSSR count). The lowest BCUT2D eigenvalue weighted by Crippen LogP contribution is -2.34. The molecule has 0 saturated heterocycles. The molecule has 126 valence electrons. The normalized spacial score (nSPS) is 15.2. The summed E-state index contributed by atoms with van der Waals surface area (Å²) in [5.41, 5.74) is 3.77. The zero-order chi connectivity index (χ0) is 16.9. The number of rotatable bonds is 5. The molecule has 1 aromatic heterocycles. The smallest absolute Gasteiger partial charge is 0.276 e. The molecule has 1 aliphatic rings. The van der Waals surface area contributed by atoms with Gasteiger partial charge in [0.1, 0.15) is 0 Å². The minimum Gasteiger partial charge on any atom is -0.321 e. The molecule has 24 heavy (non-hydrogen) atoms. The number of carbonyl (C=O) groups is 1. The summed E-state index contributed by atoms with van der Waals surface area (Å²) in [6, 6.07) is 11.4. The Morgan fingerprint density at radius 3 is 2.83 bits per heavy atom. The van der Waals surface area contributed by atoms with Crippen LogP contribution in [0.5, 0.6) is 0 Å². The quantitative estimate of drug-likeness (QED) is 0.859. The molecule has 0 fully saturated rings. The summed E-state index contributed by atoms with van der Waals surface area (Å²) < 4.78 is 1.95. The summed E-state index contributed by atoms with van der Waals surface area (Å²) in [4.78, 5) is 14.8. The number of nitrogens with zero attached hydrogens (tertiary/aromatic N) is 3. The van der Waals surface area contributed by atoms with Crippen molar-refractivity contribution in [3.05, 3.63) is 59.4 Å². The number of benzene rings is 1. The molecule has 0 aliphatic carbocycles. The van der Waals surface area contributed by atoms with Crippen LogP contribution in [-0.2, 0) is 13.1 Å². The van der Waals surface area contributed by atoms with Gasteiger partial charge in [-0.1, -0.05) is 36.8 Å². The van der Waals surface area contributed by atoms with Crippen molar-refractivity contribution >= 4 is 11.6 Å². The Hall–Kier alpha value is -2.40. The van der Waals surface area contributed by atoms with Crippen molar-refractivity contribution < 1.29 is 4.79 Å². The van der Waals surface area contributed by atoms with Gasteiger partial charge < -0.3 is 5.32 Å². The Labute approximate surface area is 143 Å². The molecular formula is C19H24N4O. The molecule has 0 bridgehead atoms. The van der Waals surface area contributed by atoms with Crippen LogP contribution in [0.4, 0.5) is 5.69 Å². The number of carbonyl (C=O) groups excluding carboxylic acids is 1. The predicted octanol–water partition coefficient (Wildman–Crippen LogP) is 3.31. The van der Waals surface area contributed by atoms with Gasteiger partial charge in [-0.25, -0.2) is 0 Å². The summed E-state index contributed by atoms with van der Waals surface area (Å²) in [5.74, 6) is -0.156. The number of aromatic nitrogens is 2. The van der Waals surface area contributed by atoms with Crippen molar-refractivity contribution in [3.8, 4) is 0 Å². The van der Waals surface area contributed by atoms with Gasteiger partial charge in [0.05, 0.1) is 12.2 Å². The van der Waals surface area contributed by atoms with E-state index in [-0.39, 0.29) is 5.91 Å². The summed E-state index contributed by atoms with van der Waals surface area (Å²) >= 11 is 0. The Morgan fingerprint density at radius 2 is 2.08 bits per heavy atom. The third-order valence-corrected chi connectivity index (χ3v) is 4.17. The van der Waals surface area contributed by atoms with Gasteiger partial charge in [-0.2, -0.15) is 5.10 Å². The average Bonchev–Trinajstić information content (AvgIpc) is 2.99. The highest BCUT2D eigenvalue weighted by atomic mass is 16.1. The molecule has 1 aromatic carbocycles. The Morgan fingerprint density at radius 1 is 1.29 bits per heavy atom. The van der Waals surface area contributed by atoms with E-state index in [0.717, 1.165) is 44.0 Å². The molecule has 1 amide bonds. The van der Waals surface area contributed by atoms with Crippen molar-refractivity contribution in [1.82, 2.24) is 14.7 Å². The monoisotopic (exact) mass is 324 g/mol. The van der Waals surface area contributed by atoms with Gasteiger partial charge in [0.15, 0.2) is 5.69 Å². The number of amides is 1. The SMILES string of the molecule is CC/C=C(\C)CN1CCn2nc(C(=O)Nc3ccccc3)cc2C1. The lowest BCUT2D eigenvalue weighted by Gasteiger charge is -2.27. The predicted molar refractivity (Wildman–Crippen MR) is 95.9 cm³/mol. The second-order valence-corrected chi connectivity index (χ2v) is 6.23. The maximum Gasteiger partial charge on any atom is 0.276 e. The number of fused-ring (bicyclic) bond motifs is 1. The summed E-state index contributed by atoms with van der Waals surface area (Å²) in [5, 5.41) is 7.35. The van der Waals surface area contributed by atoms with Gasteiger partial charge in [-0.3, -0.25) is 14.4 Å². The van der Waals surface area contributed by atoms with Gasteiger partial charge >= 0.3 is 0 Å². The second kappa shape index (κ2) is 7.45. The first-order chi connectivity index (χ1) is 11.7. The third-order valence-electron chi connectivity index (χ3n) is 4.17. The van der Waals surface area contributed by atoms with Crippen LogP contribution in [0.15, 0.2) is 48.0 Å². The average molecular weight is 324 g/mol. The lowest BCUT2D eigenvalue weighted by atomic mass is 10.2. The second-order valence-electron chi connectivity index (χ2n) is 6.23. The number of hydrogen-bond acceptors (Lipinski definition) is 3. The van der Waals surface area contributed by atoms with Gasteiger partial charge in [-0.15, -0.1) is 0 Å². The molecule has 2 heterocycles. The number of anilines is 1. The zero-order valence-electron chi connectivity index (χ0n) is 14.3. The van der Waals surface area contributed by atoms with Crippen LogP contribution >= 0.6 is 0 Å². The molecule has 0 unspecified atom stereocenters. The first kappa shape index (κ1) is 16.5. The van der Waals surface area contributed by atoms with E-state index >= 15 is 0 Å². The van der Waals surface area contributed by atoms with E-state index in [1.54, 1.807) is 0 Å². The minimum absolute atomic E-state index is 0.156. The molecule has 0 radical (unpaired) electrons. The van der Waals surface area contributed by atoms with Crippen molar-refractivity contribution in [3.63, 3.8) is 0 Å². The highest BCUT2D eigenvalue weighted by Crippen LogP contribution is 2.16. The topological polar surface area (TPSA) is 50.2 Å². The van der Waals surface area contributed by atoms with Crippen LogP contribution in [0.25, 0.3) is 0 Å². The highest BCUT2D eigenvalue weighted by molar-refractivity contribution is 6.02. The van der Waals surface area contributed by atoms with E-state index < -0.39 is 0 Å². The zero-order valence-corrected chi connectivity index (χ0v) is 14.3. The van der Waals surface area contributed by atoms with Gasteiger partial charge in [0, 0.05) is 25.3 Å². The Kier molecular flexibility index (Phi) is 5.11. The Balaban J connectivity index is 1.66. The van der Waals surface area contributed by atoms with Crippen LogP contribution < -0.4 is 5.32 Å². The lowest BCUT2D eigenvalue weighted by molar-refractivity contribution is 0.102. The third kappa shape index (κ3) is 3.92. The van der Waals surface area contributed by atoms with E-state index in [9.17, 15) is 4.79 Å². The summed E-state index contributed by atoms with van der Waals surface area (Å²) in [6.07, 6.45) is 3.34.